The van der Waals surface area contributed by atoms with Gasteiger partial charge in [-0.25, -0.2) is 0 Å². The topological polar surface area (TPSA) is 91.7 Å². The molecular weight excluding hydrogens is 380 g/mol. The number of allylic oxidation sites excluding steroid dienone is 6. The summed E-state index contributed by atoms with van der Waals surface area (Å²) in [6.45, 7) is 9.67. The number of fused-ring (bicyclic) bond motifs is 3. The predicted octanol–water partition coefficient (Wildman–Crippen LogP) is 4.26. The molecular formula is C25H34O5. The van der Waals surface area contributed by atoms with Crippen LogP contribution in [0.15, 0.2) is 34.9 Å². The van der Waals surface area contributed by atoms with E-state index in [1.807, 2.05) is 19.1 Å². The van der Waals surface area contributed by atoms with E-state index in [9.17, 15) is 24.6 Å². The molecule has 0 aromatic heterocycles. The van der Waals surface area contributed by atoms with Gasteiger partial charge in [-0.15, -0.1) is 0 Å². The number of carbonyl (C=O) groups excluding carboxylic acids is 2. The Morgan fingerprint density at radius 1 is 1.10 bits per heavy atom. The molecule has 0 heterocycles. The number of carboxylic acid groups (broad SMARTS) is 1. The number of ketones is 1. The Morgan fingerprint density at radius 2 is 1.77 bits per heavy atom. The molecule has 0 radical (unpaired) electrons. The van der Waals surface area contributed by atoms with Crippen molar-refractivity contribution in [2.45, 2.75) is 72.8 Å². The van der Waals surface area contributed by atoms with Crippen LogP contribution < -0.4 is 0 Å². The van der Waals surface area contributed by atoms with Gasteiger partial charge in [0.05, 0.1) is 11.5 Å². The molecule has 0 amide bonds. The molecule has 3 fully saturated rings. The molecule has 30 heavy (non-hydrogen) atoms. The number of aldehydes is 1. The van der Waals surface area contributed by atoms with Gasteiger partial charge >= 0.3 is 5.97 Å². The molecule has 164 valence electrons. The van der Waals surface area contributed by atoms with Crippen LogP contribution in [0.3, 0.4) is 0 Å². The number of aliphatic hydroxyl groups is 1. The van der Waals surface area contributed by atoms with Crippen LogP contribution in [0.2, 0.25) is 0 Å². The van der Waals surface area contributed by atoms with Crippen molar-refractivity contribution in [2.75, 3.05) is 0 Å². The van der Waals surface area contributed by atoms with Gasteiger partial charge < -0.3 is 10.2 Å². The van der Waals surface area contributed by atoms with Gasteiger partial charge in [0.1, 0.15) is 6.29 Å². The van der Waals surface area contributed by atoms with E-state index in [1.54, 1.807) is 19.9 Å². The van der Waals surface area contributed by atoms with E-state index in [-0.39, 0.29) is 28.4 Å². The van der Waals surface area contributed by atoms with Crippen molar-refractivity contribution in [1.82, 2.24) is 0 Å². The lowest BCUT2D eigenvalue weighted by atomic mass is 9.43. The van der Waals surface area contributed by atoms with E-state index < -0.39 is 17.5 Å². The summed E-state index contributed by atoms with van der Waals surface area (Å²) in [5.41, 5.74) is 0.585. The highest BCUT2D eigenvalue weighted by Crippen LogP contribution is 2.69. The molecule has 3 aliphatic rings. The van der Waals surface area contributed by atoms with Gasteiger partial charge in [0.15, 0.2) is 5.78 Å². The third-order valence-corrected chi connectivity index (χ3v) is 8.67. The van der Waals surface area contributed by atoms with Crippen LogP contribution in [0.5, 0.6) is 0 Å². The van der Waals surface area contributed by atoms with Crippen molar-refractivity contribution in [3.05, 3.63) is 34.9 Å². The normalized spacial score (nSPS) is 43.3. The zero-order valence-corrected chi connectivity index (χ0v) is 18.7. The highest BCUT2D eigenvalue weighted by atomic mass is 16.4. The van der Waals surface area contributed by atoms with Crippen LogP contribution in [-0.4, -0.2) is 34.4 Å². The average molecular weight is 415 g/mol. The van der Waals surface area contributed by atoms with Crippen LogP contribution in [0.1, 0.15) is 66.7 Å². The smallest absolute Gasteiger partial charge is 0.312 e. The highest BCUT2D eigenvalue weighted by Gasteiger charge is 2.67. The van der Waals surface area contributed by atoms with Crippen molar-refractivity contribution in [2.24, 2.45) is 28.1 Å². The predicted molar refractivity (Wildman–Crippen MR) is 115 cm³/mol. The summed E-state index contributed by atoms with van der Waals surface area (Å²) in [5.74, 6) is -0.893. The number of aliphatic carboxylic acids is 1. The Balaban J connectivity index is 2.04. The fourth-order valence-corrected chi connectivity index (χ4v) is 7.02. The van der Waals surface area contributed by atoms with Gasteiger partial charge in [0, 0.05) is 17.4 Å². The maximum atomic E-state index is 13.2. The summed E-state index contributed by atoms with van der Waals surface area (Å²) < 4.78 is 0. The van der Waals surface area contributed by atoms with E-state index in [1.165, 1.54) is 0 Å². The maximum Gasteiger partial charge on any atom is 0.312 e. The monoisotopic (exact) mass is 414 g/mol. The first kappa shape index (κ1) is 22.7. The number of hydrogen-bond acceptors (Lipinski definition) is 4. The molecule has 0 saturated heterocycles. The fraction of sp³-hybridized carbons (Fsp3) is 0.640. The largest absolute Gasteiger partial charge is 0.481 e. The molecule has 3 aliphatic carbocycles. The number of hydrogen-bond donors (Lipinski definition) is 2. The molecule has 0 aliphatic heterocycles. The van der Waals surface area contributed by atoms with E-state index in [2.05, 4.69) is 13.8 Å². The first-order valence-corrected chi connectivity index (χ1v) is 10.9. The molecule has 5 nitrogen and oxygen atoms in total. The average Bonchev–Trinajstić information content (AvgIpc) is 2.96. The zero-order valence-electron chi connectivity index (χ0n) is 18.7. The lowest BCUT2D eigenvalue weighted by Gasteiger charge is -2.61. The molecule has 3 saturated carbocycles. The number of Topliss-reactive ketones (excluding diaryl/α,β-unsaturated/α-hetero) is 1. The lowest BCUT2D eigenvalue weighted by molar-refractivity contribution is -0.194. The van der Waals surface area contributed by atoms with Crippen molar-refractivity contribution >= 4 is 18.0 Å². The Bertz CT molecular complexity index is 865. The van der Waals surface area contributed by atoms with Gasteiger partial charge in [0.25, 0.3) is 0 Å². The molecule has 6 atom stereocenters. The summed E-state index contributed by atoms with van der Waals surface area (Å²) >= 11 is 0. The van der Waals surface area contributed by atoms with E-state index in [0.717, 1.165) is 30.3 Å². The second kappa shape index (κ2) is 7.60. The summed E-state index contributed by atoms with van der Waals surface area (Å²) in [5, 5.41) is 20.6. The Labute approximate surface area is 178 Å². The summed E-state index contributed by atoms with van der Waals surface area (Å²) in [7, 11) is 0. The van der Waals surface area contributed by atoms with Crippen molar-refractivity contribution in [3.8, 4) is 0 Å². The number of carboxylic acids is 1. The first-order valence-electron chi connectivity index (χ1n) is 10.9. The molecule has 5 heteroatoms. The molecule has 3 rings (SSSR count). The fourth-order valence-electron chi connectivity index (χ4n) is 7.02. The molecule has 0 bridgehead atoms. The quantitative estimate of drug-likeness (QED) is 0.407. The van der Waals surface area contributed by atoms with Crippen molar-refractivity contribution in [3.63, 3.8) is 0 Å². The maximum absolute atomic E-state index is 13.2. The van der Waals surface area contributed by atoms with Crippen molar-refractivity contribution in [1.29, 1.82) is 0 Å². The SMILES string of the molecule is CC(/C=C/C=C(\C)C=O)=C1/C(=O)C[C@H]2[C@@]3(C)CC[C@H](O)[C@](C)(C(=O)O)[C@@H]3CC[C@]12C. The molecule has 0 aromatic carbocycles. The first-order chi connectivity index (χ1) is 13.9. The second-order valence-electron chi connectivity index (χ2n) is 10.3. The minimum Gasteiger partial charge on any atom is -0.481 e. The minimum atomic E-state index is -1.18. The standard InChI is InChI=1S/C25H34O5/c1-15(14-26)7-6-8-16(2)21-17(27)13-19-23(3)12-10-20(28)25(5,22(29)30)18(23)9-11-24(19,21)4/h6-8,14,18-20,28H,9-13H2,1-5H3,(H,29,30)/b8-6+,15-7+,21-16+/t18-,19+,20+,23+,24+,25-/m1/s1. The van der Waals surface area contributed by atoms with Gasteiger partial charge in [0.2, 0.25) is 0 Å². The molecule has 0 aromatic rings. The van der Waals surface area contributed by atoms with Crippen molar-refractivity contribution < 1.29 is 24.6 Å². The Kier molecular flexibility index (Phi) is 5.74. The molecule has 0 spiro atoms. The second-order valence-corrected chi connectivity index (χ2v) is 10.3. The zero-order chi connectivity index (χ0) is 22.5. The molecule has 2 N–H and O–H groups in total. The third kappa shape index (κ3) is 3.13. The van der Waals surface area contributed by atoms with Gasteiger partial charge in [-0.1, -0.05) is 32.1 Å². The van der Waals surface area contributed by atoms with Crippen LogP contribution in [-0.2, 0) is 14.4 Å². The van der Waals surface area contributed by atoms with Gasteiger partial charge in [-0.2, -0.15) is 0 Å². The van der Waals surface area contributed by atoms with E-state index in [0.29, 0.717) is 24.8 Å². The minimum absolute atomic E-state index is 0.0630. The number of rotatable bonds is 4. The van der Waals surface area contributed by atoms with Crippen LogP contribution in [0.4, 0.5) is 0 Å². The Morgan fingerprint density at radius 3 is 2.37 bits per heavy atom. The number of aliphatic hydroxyl groups excluding tert-OH is 1. The summed E-state index contributed by atoms with van der Waals surface area (Å²) in [6.07, 6.45) is 8.41. The summed E-state index contributed by atoms with van der Waals surface area (Å²) in [4.78, 5) is 36.2. The lowest BCUT2D eigenvalue weighted by Crippen LogP contribution is -2.61. The van der Waals surface area contributed by atoms with Crippen LogP contribution >= 0.6 is 0 Å². The molecule has 0 unspecified atom stereocenters. The van der Waals surface area contributed by atoms with Gasteiger partial charge in [-0.3, -0.25) is 14.4 Å². The Hall–Kier alpha value is -2.01. The summed E-state index contributed by atoms with van der Waals surface area (Å²) in [6, 6.07) is 0. The van der Waals surface area contributed by atoms with Gasteiger partial charge in [-0.05, 0) is 74.9 Å². The van der Waals surface area contributed by atoms with Crippen LogP contribution in [0, 0.1) is 28.1 Å². The van der Waals surface area contributed by atoms with E-state index >= 15 is 0 Å². The van der Waals surface area contributed by atoms with Crippen LogP contribution in [0.25, 0.3) is 0 Å². The number of carbonyl (C=O) groups is 3. The van der Waals surface area contributed by atoms with E-state index in [4.69, 9.17) is 0 Å². The highest BCUT2D eigenvalue weighted by molar-refractivity contribution is 6.01. The third-order valence-electron chi connectivity index (χ3n) is 8.67.